The van der Waals surface area contributed by atoms with Crippen LogP contribution in [0.2, 0.25) is 0 Å². The molecule has 0 fully saturated rings. The number of para-hydroxylation sites is 1. The Bertz CT molecular complexity index is 801. The lowest BCUT2D eigenvalue weighted by atomic mass is 10.1. The van der Waals surface area contributed by atoms with Crippen molar-refractivity contribution in [2.75, 3.05) is 0 Å². The maximum atomic E-state index is 12.5. The zero-order valence-electron chi connectivity index (χ0n) is 10.8. The summed E-state index contributed by atoms with van der Waals surface area (Å²) in [5, 5.41) is 1.66. The topological polar surface area (TPSA) is 43.1 Å². The van der Waals surface area contributed by atoms with Crippen molar-refractivity contribution >= 4 is 22.3 Å². The summed E-state index contributed by atoms with van der Waals surface area (Å²) >= 11 is 1.56. The van der Waals surface area contributed by atoms with E-state index in [4.69, 9.17) is 4.42 Å². The first-order chi connectivity index (χ1) is 9.20. The number of fused-ring (bicyclic) bond motifs is 1. The van der Waals surface area contributed by atoms with Gasteiger partial charge in [-0.2, -0.15) is 0 Å². The second-order valence-electron chi connectivity index (χ2n) is 4.35. The van der Waals surface area contributed by atoms with Crippen LogP contribution in [0.4, 0.5) is 0 Å². The van der Waals surface area contributed by atoms with Gasteiger partial charge in [0.1, 0.15) is 11.8 Å². The normalized spacial score (nSPS) is 11.1. The minimum atomic E-state index is 0.0104. The predicted octanol–water partition coefficient (Wildman–Crippen LogP) is 3.79. The van der Waals surface area contributed by atoms with Gasteiger partial charge in [0.2, 0.25) is 5.43 Å². The highest BCUT2D eigenvalue weighted by atomic mass is 32.1. The Morgan fingerprint density at radius 2 is 2.11 bits per heavy atom. The molecule has 2 heterocycles. The fraction of sp³-hybridized carbons (Fsp3) is 0.200. The number of hydrogen-bond donors (Lipinski definition) is 0. The molecule has 0 saturated carbocycles. The fourth-order valence-electron chi connectivity index (χ4n) is 2.09. The molecule has 3 nitrogen and oxygen atoms in total. The Labute approximate surface area is 114 Å². The minimum Gasteiger partial charge on any atom is -0.463 e. The monoisotopic (exact) mass is 271 g/mol. The first-order valence-electron chi connectivity index (χ1n) is 6.18. The minimum absolute atomic E-state index is 0.0104. The summed E-state index contributed by atoms with van der Waals surface area (Å²) < 4.78 is 5.55. The van der Waals surface area contributed by atoms with Crippen LogP contribution in [0.25, 0.3) is 21.4 Å². The number of nitrogens with zero attached hydrogens (tertiary/aromatic N) is 1. The van der Waals surface area contributed by atoms with Gasteiger partial charge in [-0.15, -0.1) is 11.3 Å². The second-order valence-corrected chi connectivity index (χ2v) is 5.43. The number of aryl methyl sites for hydroxylation is 2. The van der Waals surface area contributed by atoms with E-state index >= 15 is 0 Å². The largest absolute Gasteiger partial charge is 0.463 e. The van der Waals surface area contributed by atoms with Gasteiger partial charge in [0, 0.05) is 0 Å². The third-order valence-corrected chi connectivity index (χ3v) is 4.40. The van der Waals surface area contributed by atoms with Gasteiger partial charge in [0.05, 0.1) is 26.5 Å². The molecule has 0 bridgehead atoms. The maximum absolute atomic E-state index is 12.5. The molecule has 4 heteroatoms. The molecule has 1 aromatic carbocycles. The molecule has 0 aliphatic heterocycles. The summed E-state index contributed by atoms with van der Waals surface area (Å²) in [6.45, 7) is 3.99. The molecule has 3 aromatic rings. The summed E-state index contributed by atoms with van der Waals surface area (Å²) in [5.41, 5.74) is 2.13. The first-order valence-corrected chi connectivity index (χ1v) is 6.99. The molecular formula is C15H13NO2S. The highest BCUT2D eigenvalue weighted by Gasteiger charge is 2.14. The lowest BCUT2D eigenvalue weighted by molar-refractivity contribution is 0.605. The van der Waals surface area contributed by atoms with Crippen LogP contribution in [-0.4, -0.2) is 4.98 Å². The van der Waals surface area contributed by atoms with Gasteiger partial charge in [-0.05, 0) is 25.5 Å². The molecule has 0 N–H and O–H groups in total. The number of benzene rings is 1. The zero-order valence-corrected chi connectivity index (χ0v) is 11.6. The molecule has 0 atom stereocenters. The molecule has 19 heavy (non-hydrogen) atoms. The molecule has 3 rings (SSSR count). The molecule has 0 amide bonds. The van der Waals surface area contributed by atoms with Crippen LogP contribution >= 0.6 is 11.3 Å². The van der Waals surface area contributed by atoms with Crippen LogP contribution in [0.3, 0.4) is 0 Å². The summed E-state index contributed by atoms with van der Waals surface area (Å²) in [6.07, 6.45) is 2.43. The highest BCUT2D eigenvalue weighted by molar-refractivity contribution is 7.15. The van der Waals surface area contributed by atoms with Crippen LogP contribution < -0.4 is 5.43 Å². The van der Waals surface area contributed by atoms with Crippen molar-refractivity contribution in [3.63, 3.8) is 0 Å². The Morgan fingerprint density at radius 3 is 2.84 bits per heavy atom. The standard InChI is InChI=1S/C15H13NO2S/c1-3-13-16-9(2)15(19-13)11-8-18-12-7-5-4-6-10(12)14(11)17/h4-8H,3H2,1-2H3. The molecule has 2 aromatic heterocycles. The average molecular weight is 271 g/mol. The fourth-order valence-corrected chi connectivity index (χ4v) is 3.09. The Morgan fingerprint density at radius 1 is 1.32 bits per heavy atom. The average Bonchev–Trinajstić information content (AvgIpc) is 2.81. The molecule has 0 spiro atoms. The van der Waals surface area contributed by atoms with Crippen LogP contribution in [0.5, 0.6) is 0 Å². The summed E-state index contributed by atoms with van der Waals surface area (Å²) in [5.74, 6) is 0. The van der Waals surface area contributed by atoms with Gasteiger partial charge in [-0.1, -0.05) is 19.1 Å². The molecule has 0 aliphatic rings. The third kappa shape index (κ3) is 1.98. The van der Waals surface area contributed by atoms with Crippen molar-refractivity contribution in [1.29, 1.82) is 0 Å². The summed E-state index contributed by atoms with van der Waals surface area (Å²) in [6, 6.07) is 7.30. The van der Waals surface area contributed by atoms with Gasteiger partial charge in [0.15, 0.2) is 0 Å². The molecule has 0 radical (unpaired) electrons. The third-order valence-electron chi connectivity index (χ3n) is 3.07. The van der Waals surface area contributed by atoms with E-state index in [2.05, 4.69) is 11.9 Å². The van der Waals surface area contributed by atoms with E-state index in [1.807, 2.05) is 19.1 Å². The Kier molecular flexibility index (Phi) is 2.95. The van der Waals surface area contributed by atoms with Crippen molar-refractivity contribution in [2.24, 2.45) is 0 Å². The molecule has 0 unspecified atom stereocenters. The lowest BCUT2D eigenvalue weighted by Gasteiger charge is -2.00. The maximum Gasteiger partial charge on any atom is 0.201 e. The SMILES string of the molecule is CCc1nc(C)c(-c2coc3ccccc3c2=O)s1. The quantitative estimate of drug-likeness (QED) is 0.712. The Hall–Kier alpha value is -1.94. The van der Waals surface area contributed by atoms with Gasteiger partial charge in [0.25, 0.3) is 0 Å². The van der Waals surface area contributed by atoms with E-state index in [1.54, 1.807) is 29.7 Å². The van der Waals surface area contributed by atoms with Crippen molar-refractivity contribution in [1.82, 2.24) is 4.98 Å². The smallest absolute Gasteiger partial charge is 0.201 e. The number of rotatable bonds is 2. The number of hydrogen-bond acceptors (Lipinski definition) is 4. The lowest BCUT2D eigenvalue weighted by Crippen LogP contribution is -2.04. The van der Waals surface area contributed by atoms with E-state index in [1.165, 1.54) is 0 Å². The highest BCUT2D eigenvalue weighted by Crippen LogP contribution is 2.29. The van der Waals surface area contributed by atoms with Crippen molar-refractivity contribution in [3.8, 4) is 10.4 Å². The molecule has 96 valence electrons. The van der Waals surface area contributed by atoms with Crippen molar-refractivity contribution < 1.29 is 4.42 Å². The summed E-state index contributed by atoms with van der Waals surface area (Å²) in [4.78, 5) is 17.9. The second kappa shape index (κ2) is 4.63. The van der Waals surface area contributed by atoms with Crippen LogP contribution in [0, 0.1) is 6.92 Å². The van der Waals surface area contributed by atoms with Gasteiger partial charge in [-0.25, -0.2) is 4.98 Å². The van der Waals surface area contributed by atoms with E-state index in [0.717, 1.165) is 22.0 Å². The predicted molar refractivity (Wildman–Crippen MR) is 77.7 cm³/mol. The van der Waals surface area contributed by atoms with E-state index in [9.17, 15) is 4.79 Å². The summed E-state index contributed by atoms with van der Waals surface area (Å²) in [7, 11) is 0. The molecule has 0 saturated heterocycles. The zero-order chi connectivity index (χ0) is 13.4. The van der Waals surface area contributed by atoms with Gasteiger partial charge >= 0.3 is 0 Å². The van der Waals surface area contributed by atoms with E-state index < -0.39 is 0 Å². The van der Waals surface area contributed by atoms with Crippen LogP contribution in [0.15, 0.2) is 39.7 Å². The van der Waals surface area contributed by atoms with Gasteiger partial charge in [-0.3, -0.25) is 4.79 Å². The molecule has 0 aliphatic carbocycles. The van der Waals surface area contributed by atoms with E-state index in [0.29, 0.717) is 16.5 Å². The van der Waals surface area contributed by atoms with E-state index in [-0.39, 0.29) is 5.43 Å². The molecular weight excluding hydrogens is 258 g/mol. The number of thiazole rings is 1. The Balaban J connectivity index is 2.28. The van der Waals surface area contributed by atoms with Crippen molar-refractivity contribution in [2.45, 2.75) is 20.3 Å². The van der Waals surface area contributed by atoms with Gasteiger partial charge < -0.3 is 4.42 Å². The van der Waals surface area contributed by atoms with Crippen molar-refractivity contribution in [3.05, 3.63) is 51.5 Å². The van der Waals surface area contributed by atoms with Crippen LogP contribution in [0.1, 0.15) is 17.6 Å². The number of aromatic nitrogens is 1. The first kappa shape index (κ1) is 12.1. The van der Waals surface area contributed by atoms with Crippen LogP contribution in [-0.2, 0) is 6.42 Å².